The maximum absolute atomic E-state index is 15.6. The number of alkyl halides is 3. The molecule has 0 spiro atoms. The molecule has 0 radical (unpaired) electrons. The molecular weight excluding hydrogens is 601 g/mol. The second-order valence-corrected chi connectivity index (χ2v) is 10.3. The highest BCUT2D eigenvalue weighted by atomic mass is 127. The fraction of sp³-hybridized carbons (Fsp3) is 0.194. The molecule has 5 rings (SSSR count). The van der Waals surface area contributed by atoms with Crippen molar-refractivity contribution in [2.75, 3.05) is 6.61 Å². The van der Waals surface area contributed by atoms with Gasteiger partial charge in [0, 0.05) is 0 Å². The van der Waals surface area contributed by atoms with E-state index in [4.69, 9.17) is 9.47 Å². The van der Waals surface area contributed by atoms with Gasteiger partial charge in [0.1, 0.15) is 5.60 Å². The van der Waals surface area contributed by atoms with Crippen molar-refractivity contribution in [1.82, 2.24) is 0 Å². The summed E-state index contributed by atoms with van der Waals surface area (Å²) in [5.74, 6) is -6.08. The highest BCUT2D eigenvalue weighted by Gasteiger charge is 2.59. The number of carboxylic acids is 1. The smallest absolute Gasteiger partial charge is 0.335 e. The van der Waals surface area contributed by atoms with Crippen molar-refractivity contribution in [3.05, 3.63) is 143 Å². The van der Waals surface area contributed by atoms with Crippen LogP contribution in [0.2, 0.25) is 0 Å². The van der Waals surface area contributed by atoms with E-state index in [0.717, 1.165) is 16.7 Å². The molecule has 1 heterocycles. The highest BCUT2D eigenvalue weighted by Crippen LogP contribution is 2.51. The first kappa shape index (κ1) is 26.5. The van der Waals surface area contributed by atoms with Crippen molar-refractivity contribution < 1.29 is 28.2 Å². The van der Waals surface area contributed by atoms with Crippen molar-refractivity contribution in [2.45, 2.75) is 27.7 Å². The molecule has 3 unspecified atom stereocenters. The van der Waals surface area contributed by atoms with E-state index in [0.29, 0.717) is 0 Å². The largest absolute Gasteiger partial charge is 0.478 e. The molecule has 1 aliphatic heterocycles. The summed E-state index contributed by atoms with van der Waals surface area (Å²) in [4.78, 5) is 11.9. The SMILES string of the molecule is O=C(O)c1ccccc1C1C(COC(c2ccccc2)(c2ccccc2)c2ccccc2)OC(I)C1(F)F. The fourth-order valence-electron chi connectivity index (χ4n) is 5.19. The Bertz CT molecular complexity index is 1290. The van der Waals surface area contributed by atoms with Crippen LogP contribution in [0.25, 0.3) is 0 Å². The summed E-state index contributed by atoms with van der Waals surface area (Å²) in [7, 11) is 0. The van der Waals surface area contributed by atoms with Crippen molar-refractivity contribution in [2.24, 2.45) is 0 Å². The Kier molecular flexibility index (Phi) is 7.61. The minimum Gasteiger partial charge on any atom is -0.478 e. The van der Waals surface area contributed by atoms with Crippen LogP contribution >= 0.6 is 22.6 Å². The van der Waals surface area contributed by atoms with E-state index >= 15 is 8.78 Å². The third kappa shape index (κ3) is 4.74. The van der Waals surface area contributed by atoms with Gasteiger partial charge in [-0.05, 0) is 50.9 Å². The molecule has 3 atom stereocenters. The van der Waals surface area contributed by atoms with Gasteiger partial charge in [-0.2, -0.15) is 0 Å². The Morgan fingerprint density at radius 3 is 1.74 bits per heavy atom. The van der Waals surface area contributed by atoms with Gasteiger partial charge in [-0.15, -0.1) is 0 Å². The number of halogens is 3. The Labute approximate surface area is 233 Å². The molecule has 7 heteroatoms. The first-order valence-corrected chi connectivity index (χ1v) is 13.4. The second-order valence-electron chi connectivity index (χ2n) is 9.13. The van der Waals surface area contributed by atoms with Crippen LogP contribution in [0, 0.1) is 0 Å². The topological polar surface area (TPSA) is 55.8 Å². The molecule has 0 bridgehead atoms. The number of hydrogen-bond donors (Lipinski definition) is 1. The predicted octanol–water partition coefficient (Wildman–Crippen LogP) is 7.27. The van der Waals surface area contributed by atoms with Crippen molar-refractivity contribution in [3.8, 4) is 0 Å². The average Bonchev–Trinajstić information content (AvgIpc) is 3.18. The molecule has 4 aromatic rings. The number of benzene rings is 4. The van der Waals surface area contributed by atoms with E-state index in [9.17, 15) is 9.90 Å². The Morgan fingerprint density at radius 1 is 0.816 bits per heavy atom. The summed E-state index contributed by atoms with van der Waals surface area (Å²) in [6.45, 7) is -0.202. The van der Waals surface area contributed by atoms with E-state index in [-0.39, 0.29) is 17.7 Å². The van der Waals surface area contributed by atoms with Crippen LogP contribution in [0.3, 0.4) is 0 Å². The van der Waals surface area contributed by atoms with Gasteiger partial charge in [0.05, 0.1) is 24.2 Å². The molecule has 1 fully saturated rings. The minimum atomic E-state index is -3.31. The van der Waals surface area contributed by atoms with Crippen LogP contribution in [-0.2, 0) is 15.1 Å². The van der Waals surface area contributed by atoms with Crippen LogP contribution in [0.4, 0.5) is 8.78 Å². The Hall–Kier alpha value is -3.14. The summed E-state index contributed by atoms with van der Waals surface area (Å²) in [6.07, 6.45) is -1.09. The standard InChI is InChI=1S/C31H25F2IO4/c32-31(33)27(24-18-10-11-19-25(24)28(35)36)26(38-29(31)34)20-37-30(21-12-4-1-5-13-21,22-14-6-2-7-15-22)23-16-8-3-9-17-23/h1-19,26-27,29H,20H2,(H,35,36). The summed E-state index contributed by atoms with van der Waals surface area (Å²) >= 11 is 1.58. The van der Waals surface area contributed by atoms with Crippen LogP contribution < -0.4 is 0 Å². The van der Waals surface area contributed by atoms with Crippen LogP contribution in [0.15, 0.2) is 115 Å². The first-order valence-electron chi connectivity index (χ1n) is 12.2. The first-order chi connectivity index (χ1) is 18.4. The molecule has 0 amide bonds. The molecule has 0 aliphatic carbocycles. The molecule has 38 heavy (non-hydrogen) atoms. The van der Waals surface area contributed by atoms with E-state index < -0.39 is 33.6 Å². The maximum Gasteiger partial charge on any atom is 0.335 e. The molecule has 1 aliphatic rings. The molecule has 4 nitrogen and oxygen atoms in total. The number of ether oxygens (including phenoxy) is 2. The van der Waals surface area contributed by atoms with Gasteiger partial charge in [-0.1, -0.05) is 109 Å². The summed E-state index contributed by atoms with van der Waals surface area (Å²) < 4.78 is 42.3. The van der Waals surface area contributed by atoms with Gasteiger partial charge < -0.3 is 14.6 Å². The molecule has 194 valence electrons. The zero-order valence-electron chi connectivity index (χ0n) is 20.2. The van der Waals surface area contributed by atoms with Gasteiger partial charge >= 0.3 is 5.97 Å². The van der Waals surface area contributed by atoms with Crippen molar-refractivity contribution >= 4 is 28.6 Å². The third-order valence-electron chi connectivity index (χ3n) is 6.91. The maximum atomic E-state index is 15.6. The average molecular weight is 626 g/mol. The van der Waals surface area contributed by atoms with Gasteiger partial charge in [0.25, 0.3) is 5.92 Å². The molecule has 0 aromatic heterocycles. The van der Waals surface area contributed by atoms with Crippen molar-refractivity contribution in [1.29, 1.82) is 0 Å². The lowest BCUT2D eigenvalue weighted by molar-refractivity contribution is -0.0538. The Morgan fingerprint density at radius 2 is 1.26 bits per heavy atom. The van der Waals surface area contributed by atoms with E-state index in [1.165, 1.54) is 18.2 Å². The number of aromatic carboxylic acids is 1. The quantitative estimate of drug-likeness (QED) is 0.127. The van der Waals surface area contributed by atoms with Crippen molar-refractivity contribution in [3.63, 3.8) is 0 Å². The second kappa shape index (κ2) is 10.9. The summed E-state index contributed by atoms with van der Waals surface area (Å²) in [5.41, 5.74) is 1.23. The van der Waals surface area contributed by atoms with E-state index in [1.54, 1.807) is 28.7 Å². The number of carbonyl (C=O) groups is 1. The highest BCUT2D eigenvalue weighted by molar-refractivity contribution is 14.1. The number of carboxylic acid groups (broad SMARTS) is 1. The third-order valence-corrected chi connectivity index (χ3v) is 8.04. The van der Waals surface area contributed by atoms with Gasteiger partial charge in [0.2, 0.25) is 0 Å². The minimum absolute atomic E-state index is 0.0301. The van der Waals surface area contributed by atoms with Crippen LogP contribution in [0.1, 0.15) is 38.5 Å². The summed E-state index contributed by atoms with van der Waals surface area (Å²) in [6, 6.07) is 34.7. The fourth-order valence-corrected chi connectivity index (χ4v) is 5.96. The number of hydrogen-bond acceptors (Lipinski definition) is 3. The molecule has 4 aromatic carbocycles. The predicted molar refractivity (Wildman–Crippen MR) is 149 cm³/mol. The molecule has 1 N–H and O–H groups in total. The van der Waals surface area contributed by atoms with E-state index in [1.807, 2.05) is 91.0 Å². The zero-order chi connectivity index (χ0) is 26.8. The normalized spacial score (nSPS) is 20.8. The molecular formula is C31H25F2IO4. The van der Waals surface area contributed by atoms with Gasteiger partial charge in [-0.3, -0.25) is 0 Å². The lowest BCUT2D eigenvalue weighted by atomic mass is 9.80. The van der Waals surface area contributed by atoms with Crippen LogP contribution in [-0.4, -0.2) is 33.8 Å². The lowest BCUT2D eigenvalue weighted by Crippen LogP contribution is -2.38. The number of rotatable bonds is 8. The summed E-state index contributed by atoms with van der Waals surface area (Å²) in [5, 5.41) is 9.73. The monoisotopic (exact) mass is 626 g/mol. The zero-order valence-corrected chi connectivity index (χ0v) is 22.4. The Balaban J connectivity index is 1.62. The van der Waals surface area contributed by atoms with Gasteiger partial charge in [-0.25, -0.2) is 13.6 Å². The molecule has 1 saturated heterocycles. The lowest BCUT2D eigenvalue weighted by Gasteiger charge is -2.37. The van der Waals surface area contributed by atoms with E-state index in [2.05, 4.69) is 0 Å². The van der Waals surface area contributed by atoms with Gasteiger partial charge in [0.15, 0.2) is 4.11 Å². The van der Waals surface area contributed by atoms with Crippen LogP contribution in [0.5, 0.6) is 0 Å². The molecule has 0 saturated carbocycles.